The van der Waals surface area contributed by atoms with Crippen molar-refractivity contribution < 1.29 is 19.3 Å². The van der Waals surface area contributed by atoms with Crippen LogP contribution in [0.2, 0.25) is 0 Å². The van der Waals surface area contributed by atoms with Gasteiger partial charge in [-0.3, -0.25) is 9.98 Å². The van der Waals surface area contributed by atoms with E-state index in [1.54, 1.807) is 18.3 Å². The van der Waals surface area contributed by atoms with Crippen LogP contribution in [0.5, 0.6) is 0 Å². The van der Waals surface area contributed by atoms with Gasteiger partial charge in [0, 0.05) is 5.92 Å². The highest BCUT2D eigenvalue weighted by Crippen LogP contribution is 2.29. The zero-order valence-electron chi connectivity index (χ0n) is 16.7. The summed E-state index contributed by atoms with van der Waals surface area (Å²) in [5.74, 6) is 0.703. The number of aryl methyl sites for hydroxylation is 4. The Kier molecular flexibility index (Phi) is 5.34. The van der Waals surface area contributed by atoms with Gasteiger partial charge in [0.25, 0.3) is 11.6 Å². The molecule has 8 heteroatoms. The molecular formula is C19H28N6O2. The molecule has 27 heavy (non-hydrogen) atoms. The summed E-state index contributed by atoms with van der Waals surface area (Å²) in [5.41, 5.74) is 0. The summed E-state index contributed by atoms with van der Waals surface area (Å²) in [7, 11) is 7.35. The SMILES string of the molecule is CC1C(N=C([O-])c2n(C)cc[n+]2C)CCCC1N=C([O-])c1n(C)cc[n+]1C. The standard InChI is InChI=1S/C19H28N6O2/c1-13-14(20-16(26)18-22(2)9-10-23(18)3)7-6-8-15(13)21-17(27)19-24(4)11-12-25(19)5/h9-15H,6-8H2,1-5H3. The first-order chi connectivity index (χ1) is 12.8. The first-order valence-corrected chi connectivity index (χ1v) is 9.32. The molecule has 3 rings (SSSR count). The van der Waals surface area contributed by atoms with Gasteiger partial charge in [-0.1, -0.05) is 6.92 Å². The van der Waals surface area contributed by atoms with Crippen LogP contribution in [0.1, 0.15) is 37.8 Å². The normalized spacial score (nSPS) is 24.4. The fraction of sp³-hybridized carbons (Fsp3) is 0.579. The molecule has 0 aliphatic heterocycles. The van der Waals surface area contributed by atoms with Crippen LogP contribution in [0.4, 0.5) is 0 Å². The van der Waals surface area contributed by atoms with E-state index in [4.69, 9.17) is 0 Å². The Morgan fingerprint density at radius 1 is 0.926 bits per heavy atom. The van der Waals surface area contributed by atoms with E-state index in [0.29, 0.717) is 11.6 Å². The summed E-state index contributed by atoms with van der Waals surface area (Å²) in [6.07, 6.45) is 9.95. The van der Waals surface area contributed by atoms with Crippen LogP contribution in [0, 0.1) is 5.92 Å². The summed E-state index contributed by atoms with van der Waals surface area (Å²) in [5, 5.41) is 25.3. The third-order valence-electron chi connectivity index (χ3n) is 5.53. The van der Waals surface area contributed by atoms with Crippen LogP contribution in [-0.4, -0.2) is 33.0 Å². The molecule has 0 saturated heterocycles. The highest BCUT2D eigenvalue weighted by molar-refractivity contribution is 5.86. The summed E-state index contributed by atoms with van der Waals surface area (Å²) in [6, 6.07) is -0.241. The van der Waals surface area contributed by atoms with Crippen LogP contribution < -0.4 is 19.3 Å². The first kappa shape index (κ1) is 19.1. The lowest BCUT2D eigenvalue weighted by Crippen LogP contribution is -2.43. The summed E-state index contributed by atoms with van der Waals surface area (Å²) in [6.45, 7) is 2.04. The van der Waals surface area contributed by atoms with Crippen molar-refractivity contribution in [2.45, 2.75) is 38.3 Å². The van der Waals surface area contributed by atoms with E-state index in [2.05, 4.69) is 9.98 Å². The third kappa shape index (κ3) is 3.74. The Labute approximate surface area is 159 Å². The molecule has 0 radical (unpaired) electrons. The maximum atomic E-state index is 12.7. The molecular weight excluding hydrogens is 344 g/mol. The van der Waals surface area contributed by atoms with Crippen LogP contribution in [-0.2, 0) is 28.2 Å². The van der Waals surface area contributed by atoms with Crippen molar-refractivity contribution in [2.24, 2.45) is 44.1 Å². The van der Waals surface area contributed by atoms with Crippen LogP contribution in [0.15, 0.2) is 34.8 Å². The minimum atomic E-state index is -0.220. The lowest BCUT2D eigenvalue weighted by molar-refractivity contribution is -0.674. The van der Waals surface area contributed by atoms with Crippen molar-refractivity contribution in [3.63, 3.8) is 0 Å². The van der Waals surface area contributed by atoms with E-state index in [1.807, 2.05) is 59.9 Å². The molecule has 2 atom stereocenters. The predicted octanol–water partition coefficient (Wildman–Crippen LogP) is -1.52. The molecule has 0 amide bonds. The molecule has 0 spiro atoms. The Bertz CT molecular complexity index is 770. The molecule has 0 bridgehead atoms. The van der Waals surface area contributed by atoms with Crippen LogP contribution >= 0.6 is 0 Å². The third-order valence-corrected chi connectivity index (χ3v) is 5.53. The zero-order chi connectivity index (χ0) is 19.7. The maximum absolute atomic E-state index is 12.7. The smallest absolute Gasteiger partial charge is 0.291 e. The van der Waals surface area contributed by atoms with Gasteiger partial charge < -0.3 is 10.2 Å². The van der Waals surface area contributed by atoms with Crippen molar-refractivity contribution in [2.75, 3.05) is 0 Å². The quantitative estimate of drug-likeness (QED) is 0.371. The van der Waals surface area contributed by atoms with Gasteiger partial charge in [0.2, 0.25) is 0 Å². The second-order valence-corrected chi connectivity index (χ2v) is 7.48. The number of imidazole rings is 2. The average molecular weight is 372 g/mol. The van der Waals surface area contributed by atoms with E-state index in [0.717, 1.165) is 19.3 Å². The zero-order valence-corrected chi connectivity index (χ0v) is 16.7. The van der Waals surface area contributed by atoms with Gasteiger partial charge in [0.15, 0.2) is 0 Å². The molecule has 2 unspecified atom stereocenters. The van der Waals surface area contributed by atoms with Crippen molar-refractivity contribution in [3.8, 4) is 0 Å². The van der Waals surface area contributed by atoms with E-state index >= 15 is 0 Å². The number of aromatic nitrogens is 4. The fourth-order valence-electron chi connectivity index (χ4n) is 3.88. The largest absolute Gasteiger partial charge is 0.853 e. The number of hydrogen-bond acceptors (Lipinski definition) is 4. The Morgan fingerprint density at radius 2 is 1.33 bits per heavy atom. The minimum absolute atomic E-state index is 0.0443. The molecule has 1 fully saturated rings. The summed E-state index contributed by atoms with van der Waals surface area (Å²) < 4.78 is 7.11. The minimum Gasteiger partial charge on any atom is -0.853 e. The van der Waals surface area contributed by atoms with Gasteiger partial charge in [-0.05, 0) is 19.3 Å². The molecule has 1 aliphatic carbocycles. The van der Waals surface area contributed by atoms with Crippen molar-refractivity contribution >= 4 is 11.8 Å². The Balaban J connectivity index is 1.83. The fourth-order valence-corrected chi connectivity index (χ4v) is 3.88. The van der Waals surface area contributed by atoms with Gasteiger partial charge >= 0.3 is 0 Å². The highest BCUT2D eigenvalue weighted by atomic mass is 16.3. The maximum Gasteiger partial charge on any atom is 0.291 e. The summed E-state index contributed by atoms with van der Waals surface area (Å²) in [4.78, 5) is 8.95. The van der Waals surface area contributed by atoms with E-state index in [-0.39, 0.29) is 29.8 Å². The molecule has 2 heterocycles. The number of rotatable bonds is 4. The van der Waals surface area contributed by atoms with Gasteiger partial charge in [-0.25, -0.2) is 18.3 Å². The molecule has 1 aliphatic rings. The van der Waals surface area contributed by atoms with Crippen LogP contribution in [0.3, 0.4) is 0 Å². The van der Waals surface area contributed by atoms with Crippen molar-refractivity contribution in [3.05, 3.63) is 36.4 Å². The number of nitrogens with zero attached hydrogens (tertiary/aromatic N) is 6. The number of aliphatic imine (C=N–C) groups is 2. The highest BCUT2D eigenvalue weighted by Gasteiger charge is 2.30. The van der Waals surface area contributed by atoms with Gasteiger partial charge in [-0.2, -0.15) is 0 Å². The Hall–Kier alpha value is -2.64. The average Bonchev–Trinajstić information content (AvgIpc) is 3.12. The molecule has 8 nitrogen and oxygen atoms in total. The molecule has 1 saturated carbocycles. The second-order valence-electron chi connectivity index (χ2n) is 7.48. The molecule has 2 aromatic rings. The lowest BCUT2D eigenvalue weighted by atomic mass is 9.82. The van der Waals surface area contributed by atoms with Gasteiger partial charge in [0.05, 0.1) is 52.1 Å². The molecule has 0 aromatic carbocycles. The van der Waals surface area contributed by atoms with Crippen LogP contribution in [0.25, 0.3) is 0 Å². The van der Waals surface area contributed by atoms with Crippen molar-refractivity contribution in [1.82, 2.24) is 9.13 Å². The van der Waals surface area contributed by atoms with Crippen molar-refractivity contribution in [1.29, 1.82) is 0 Å². The van der Waals surface area contributed by atoms with E-state index < -0.39 is 0 Å². The number of hydrogen-bond donors (Lipinski definition) is 0. The van der Waals surface area contributed by atoms with E-state index in [9.17, 15) is 10.2 Å². The van der Waals surface area contributed by atoms with E-state index in [1.165, 1.54) is 0 Å². The Morgan fingerprint density at radius 3 is 1.67 bits per heavy atom. The topological polar surface area (TPSA) is 88.5 Å². The first-order valence-electron chi connectivity index (χ1n) is 9.32. The monoisotopic (exact) mass is 372 g/mol. The summed E-state index contributed by atoms with van der Waals surface area (Å²) >= 11 is 0. The molecule has 2 aromatic heterocycles. The van der Waals surface area contributed by atoms with Gasteiger partial charge in [0.1, 0.15) is 24.8 Å². The second kappa shape index (κ2) is 7.54. The van der Waals surface area contributed by atoms with Gasteiger partial charge in [-0.15, -0.1) is 0 Å². The predicted molar refractivity (Wildman–Crippen MR) is 96.8 cm³/mol. The molecule has 146 valence electrons. The molecule has 0 N–H and O–H groups in total. The lowest BCUT2D eigenvalue weighted by Gasteiger charge is -2.33.